The molecule has 132 valence electrons. The average molecular weight is 335 g/mol. The largest absolute Gasteiger partial charge is 0.385 e. The lowest BCUT2D eigenvalue weighted by Gasteiger charge is -2.33. The molecule has 0 amide bonds. The van der Waals surface area contributed by atoms with Crippen LogP contribution in [0.15, 0.2) is 48.5 Å². The van der Waals surface area contributed by atoms with Crippen molar-refractivity contribution in [1.29, 1.82) is 0 Å². The molecule has 1 spiro atoms. The molecule has 2 heteroatoms. The van der Waals surface area contributed by atoms with E-state index >= 15 is 0 Å². The first-order valence-electron chi connectivity index (χ1n) is 9.71. The van der Waals surface area contributed by atoms with Gasteiger partial charge in [0.25, 0.3) is 0 Å². The molecule has 2 aromatic carbocycles. The second-order valence-corrected chi connectivity index (χ2v) is 8.28. The van der Waals surface area contributed by atoms with E-state index < -0.39 is 0 Å². The number of benzene rings is 2. The van der Waals surface area contributed by atoms with E-state index in [0.29, 0.717) is 5.41 Å². The van der Waals surface area contributed by atoms with Crippen molar-refractivity contribution < 1.29 is 0 Å². The molecule has 1 unspecified atom stereocenters. The molecule has 1 N–H and O–H groups in total. The maximum Gasteiger partial charge on any atom is 0.0345 e. The van der Waals surface area contributed by atoms with Crippen LogP contribution in [0.1, 0.15) is 36.0 Å². The molecule has 2 aliphatic rings. The summed E-state index contributed by atoms with van der Waals surface area (Å²) in [6, 6.07) is 17.7. The fraction of sp³-hybridized carbons (Fsp3) is 0.478. The predicted octanol–water partition coefficient (Wildman–Crippen LogP) is 5.02. The van der Waals surface area contributed by atoms with Crippen LogP contribution in [-0.2, 0) is 6.54 Å². The Labute approximate surface area is 152 Å². The van der Waals surface area contributed by atoms with E-state index in [2.05, 4.69) is 72.6 Å². The molecule has 1 saturated carbocycles. The fourth-order valence-electron chi connectivity index (χ4n) is 4.65. The lowest BCUT2D eigenvalue weighted by atomic mass is 9.90. The molecule has 1 heterocycles. The molecule has 1 saturated heterocycles. The summed E-state index contributed by atoms with van der Waals surface area (Å²) in [6.07, 6.45) is 4.17. The number of rotatable bonds is 5. The number of anilines is 1. The number of likely N-dealkylation sites (tertiary alicyclic amines) is 1. The first-order valence-corrected chi connectivity index (χ1v) is 9.71. The molecule has 1 atom stereocenters. The highest BCUT2D eigenvalue weighted by atomic mass is 15.1. The van der Waals surface area contributed by atoms with Crippen LogP contribution >= 0.6 is 0 Å². The zero-order chi connectivity index (χ0) is 17.3. The zero-order valence-electron chi connectivity index (χ0n) is 15.6. The van der Waals surface area contributed by atoms with E-state index in [1.165, 1.54) is 54.7 Å². The summed E-state index contributed by atoms with van der Waals surface area (Å²) >= 11 is 0. The lowest BCUT2D eigenvalue weighted by Crippen LogP contribution is -2.35. The van der Waals surface area contributed by atoms with Crippen molar-refractivity contribution in [2.45, 2.75) is 39.7 Å². The number of aryl methyl sites for hydroxylation is 2. The van der Waals surface area contributed by atoms with Gasteiger partial charge >= 0.3 is 0 Å². The van der Waals surface area contributed by atoms with Crippen LogP contribution < -0.4 is 5.32 Å². The van der Waals surface area contributed by atoms with Crippen molar-refractivity contribution in [2.24, 2.45) is 11.3 Å². The Bertz CT molecular complexity index is 694. The summed E-state index contributed by atoms with van der Waals surface area (Å²) in [5.41, 5.74) is 6.08. The van der Waals surface area contributed by atoms with Crippen molar-refractivity contribution in [3.8, 4) is 0 Å². The number of hydrogen-bond donors (Lipinski definition) is 1. The van der Waals surface area contributed by atoms with Crippen LogP contribution in [0, 0.1) is 25.2 Å². The standard InChI is InChI=1S/C23H30N2/c1-18-12-19(2)14-22(13-18)24-16-21-15-23(21)8-10-25(11-9-23)17-20-6-4-3-5-7-20/h3-7,12-14,21,24H,8-11,15-17H2,1-2H3. The Balaban J connectivity index is 1.26. The molecule has 2 fully saturated rings. The highest BCUT2D eigenvalue weighted by molar-refractivity contribution is 5.48. The first kappa shape index (κ1) is 16.7. The smallest absolute Gasteiger partial charge is 0.0345 e. The highest BCUT2D eigenvalue weighted by Gasteiger charge is 2.54. The van der Waals surface area contributed by atoms with Crippen molar-refractivity contribution in [1.82, 2.24) is 4.90 Å². The Morgan fingerprint density at radius 1 is 1.00 bits per heavy atom. The first-order chi connectivity index (χ1) is 12.1. The number of piperidine rings is 1. The van der Waals surface area contributed by atoms with Gasteiger partial charge in [-0.25, -0.2) is 0 Å². The number of nitrogens with zero attached hydrogens (tertiary/aromatic N) is 1. The van der Waals surface area contributed by atoms with Gasteiger partial charge in [0.2, 0.25) is 0 Å². The van der Waals surface area contributed by atoms with Gasteiger partial charge in [0.1, 0.15) is 0 Å². The Hall–Kier alpha value is -1.80. The molecule has 0 bridgehead atoms. The minimum atomic E-state index is 0.638. The van der Waals surface area contributed by atoms with E-state index in [-0.39, 0.29) is 0 Å². The van der Waals surface area contributed by atoms with Gasteiger partial charge in [0.05, 0.1) is 0 Å². The predicted molar refractivity (Wildman–Crippen MR) is 106 cm³/mol. The van der Waals surface area contributed by atoms with Crippen LogP contribution in [0.2, 0.25) is 0 Å². The Morgan fingerprint density at radius 2 is 1.68 bits per heavy atom. The van der Waals surface area contributed by atoms with Gasteiger partial charge in [0.15, 0.2) is 0 Å². The topological polar surface area (TPSA) is 15.3 Å². The second kappa shape index (κ2) is 6.84. The molecule has 1 aliphatic heterocycles. The van der Waals surface area contributed by atoms with Gasteiger partial charge in [-0.15, -0.1) is 0 Å². The van der Waals surface area contributed by atoms with Crippen LogP contribution in [-0.4, -0.2) is 24.5 Å². The van der Waals surface area contributed by atoms with E-state index in [0.717, 1.165) is 19.0 Å². The van der Waals surface area contributed by atoms with Gasteiger partial charge < -0.3 is 5.32 Å². The van der Waals surface area contributed by atoms with E-state index in [1.54, 1.807) is 0 Å². The fourth-order valence-corrected chi connectivity index (χ4v) is 4.65. The van der Waals surface area contributed by atoms with Crippen molar-refractivity contribution >= 4 is 5.69 Å². The van der Waals surface area contributed by atoms with Gasteiger partial charge in [-0.1, -0.05) is 36.4 Å². The highest BCUT2D eigenvalue weighted by Crippen LogP contribution is 2.59. The summed E-state index contributed by atoms with van der Waals surface area (Å²) in [5, 5.41) is 3.70. The van der Waals surface area contributed by atoms with Crippen LogP contribution in [0.3, 0.4) is 0 Å². The molecule has 25 heavy (non-hydrogen) atoms. The average Bonchev–Trinajstić information content (AvgIpc) is 3.28. The Morgan fingerprint density at radius 3 is 2.36 bits per heavy atom. The van der Waals surface area contributed by atoms with Crippen molar-refractivity contribution in [3.63, 3.8) is 0 Å². The Kier molecular flexibility index (Phi) is 4.56. The van der Waals surface area contributed by atoms with E-state index in [4.69, 9.17) is 0 Å². The lowest BCUT2D eigenvalue weighted by molar-refractivity contribution is 0.157. The van der Waals surface area contributed by atoms with Gasteiger partial charge in [-0.3, -0.25) is 4.90 Å². The van der Waals surface area contributed by atoms with Gasteiger partial charge in [0, 0.05) is 18.8 Å². The van der Waals surface area contributed by atoms with Gasteiger partial charge in [-0.2, -0.15) is 0 Å². The third-order valence-electron chi connectivity index (χ3n) is 6.23. The minimum absolute atomic E-state index is 0.638. The summed E-state index contributed by atoms with van der Waals surface area (Å²) in [5.74, 6) is 0.868. The SMILES string of the molecule is Cc1cc(C)cc(NCC2CC23CCN(Cc2ccccc2)CC3)c1. The number of hydrogen-bond acceptors (Lipinski definition) is 2. The summed E-state index contributed by atoms with van der Waals surface area (Å²) < 4.78 is 0. The summed E-state index contributed by atoms with van der Waals surface area (Å²) in [6.45, 7) is 9.13. The minimum Gasteiger partial charge on any atom is -0.385 e. The van der Waals surface area contributed by atoms with Crippen LogP contribution in [0.4, 0.5) is 5.69 Å². The molecule has 0 aromatic heterocycles. The quantitative estimate of drug-likeness (QED) is 0.826. The monoisotopic (exact) mass is 334 g/mol. The second-order valence-electron chi connectivity index (χ2n) is 8.28. The van der Waals surface area contributed by atoms with E-state index in [1.807, 2.05) is 0 Å². The van der Waals surface area contributed by atoms with Crippen molar-refractivity contribution in [2.75, 3.05) is 25.0 Å². The third kappa shape index (κ3) is 3.90. The summed E-state index contributed by atoms with van der Waals surface area (Å²) in [7, 11) is 0. The van der Waals surface area contributed by atoms with Gasteiger partial charge in [-0.05, 0) is 86.4 Å². The molecule has 1 aliphatic carbocycles. The van der Waals surface area contributed by atoms with Crippen LogP contribution in [0.5, 0.6) is 0 Å². The molecule has 0 radical (unpaired) electrons. The van der Waals surface area contributed by atoms with E-state index in [9.17, 15) is 0 Å². The molecule has 4 rings (SSSR count). The molecule has 2 nitrogen and oxygen atoms in total. The molecular weight excluding hydrogens is 304 g/mol. The maximum absolute atomic E-state index is 3.70. The summed E-state index contributed by atoms with van der Waals surface area (Å²) in [4.78, 5) is 2.63. The molecular formula is C23H30N2. The third-order valence-corrected chi connectivity index (χ3v) is 6.23. The molecule has 2 aromatic rings. The normalized spacial score (nSPS) is 22.1. The van der Waals surface area contributed by atoms with Crippen LogP contribution in [0.25, 0.3) is 0 Å². The zero-order valence-corrected chi connectivity index (χ0v) is 15.6. The van der Waals surface area contributed by atoms with Crippen molar-refractivity contribution in [3.05, 3.63) is 65.2 Å². The maximum atomic E-state index is 3.70. The number of nitrogens with one attached hydrogen (secondary N) is 1.